The third-order valence-corrected chi connectivity index (χ3v) is 5.19. The number of aromatic nitrogens is 1. The molecule has 1 amide bonds. The Labute approximate surface area is 149 Å². The molecule has 120 valence electrons. The van der Waals surface area contributed by atoms with Gasteiger partial charge in [0.1, 0.15) is 5.01 Å². The van der Waals surface area contributed by atoms with Crippen LogP contribution >= 0.6 is 22.9 Å². The lowest BCUT2D eigenvalue weighted by Gasteiger charge is -2.05. The van der Waals surface area contributed by atoms with Crippen LogP contribution in [0.1, 0.15) is 12.8 Å². The smallest absolute Gasteiger partial charge is 0.227 e. The average molecular weight is 355 g/mol. The maximum Gasteiger partial charge on any atom is 0.227 e. The molecule has 1 aliphatic rings. The van der Waals surface area contributed by atoms with Gasteiger partial charge < -0.3 is 5.32 Å². The van der Waals surface area contributed by atoms with E-state index in [-0.39, 0.29) is 11.8 Å². The molecule has 2 aromatic carbocycles. The van der Waals surface area contributed by atoms with E-state index in [1.807, 2.05) is 53.9 Å². The molecule has 3 aromatic rings. The Kier molecular flexibility index (Phi) is 4.08. The van der Waals surface area contributed by atoms with Crippen molar-refractivity contribution in [1.82, 2.24) is 4.98 Å². The quantitative estimate of drug-likeness (QED) is 0.674. The molecule has 0 radical (unpaired) electrons. The fourth-order valence-corrected chi connectivity index (χ4v) is 3.66. The molecule has 1 aromatic heterocycles. The number of hydrogen-bond donors (Lipinski definition) is 1. The van der Waals surface area contributed by atoms with Gasteiger partial charge in [-0.1, -0.05) is 41.9 Å². The molecule has 1 N–H and O–H groups in total. The minimum absolute atomic E-state index is 0.113. The molecule has 0 unspecified atom stereocenters. The number of nitrogens with one attached hydrogen (secondary N) is 1. The molecule has 4 rings (SSSR count). The fraction of sp³-hybridized carbons (Fsp3) is 0.158. The van der Waals surface area contributed by atoms with Crippen LogP contribution in [0.15, 0.2) is 53.9 Å². The summed E-state index contributed by atoms with van der Waals surface area (Å²) >= 11 is 7.81. The summed E-state index contributed by atoms with van der Waals surface area (Å²) in [4.78, 5) is 16.6. The zero-order valence-corrected chi connectivity index (χ0v) is 14.4. The molecule has 1 heterocycles. The Hall–Kier alpha value is -2.17. The van der Waals surface area contributed by atoms with Gasteiger partial charge >= 0.3 is 0 Å². The van der Waals surface area contributed by atoms with E-state index in [0.29, 0.717) is 5.02 Å². The molecule has 0 aliphatic heterocycles. The van der Waals surface area contributed by atoms with Gasteiger partial charge in [-0.05, 0) is 31.0 Å². The van der Waals surface area contributed by atoms with Crippen LogP contribution in [0.3, 0.4) is 0 Å². The monoisotopic (exact) mass is 354 g/mol. The molecule has 24 heavy (non-hydrogen) atoms. The Bertz CT molecular complexity index is 902. The van der Waals surface area contributed by atoms with Gasteiger partial charge in [-0.2, -0.15) is 0 Å². The van der Waals surface area contributed by atoms with Crippen molar-refractivity contribution in [3.63, 3.8) is 0 Å². The number of carbonyl (C=O) groups is 1. The number of benzene rings is 2. The van der Waals surface area contributed by atoms with Gasteiger partial charge in [0.05, 0.1) is 10.7 Å². The lowest BCUT2D eigenvalue weighted by atomic mass is 10.1. The van der Waals surface area contributed by atoms with Crippen molar-refractivity contribution in [2.24, 2.45) is 5.92 Å². The highest BCUT2D eigenvalue weighted by Crippen LogP contribution is 2.34. The molecule has 3 nitrogen and oxygen atoms in total. The van der Waals surface area contributed by atoms with E-state index < -0.39 is 0 Å². The summed E-state index contributed by atoms with van der Waals surface area (Å²) in [5.41, 5.74) is 3.63. The van der Waals surface area contributed by atoms with Crippen molar-refractivity contribution < 1.29 is 4.79 Å². The number of thiazole rings is 1. The zero-order valence-electron chi connectivity index (χ0n) is 12.8. The Morgan fingerprint density at radius 3 is 2.79 bits per heavy atom. The zero-order chi connectivity index (χ0) is 16.5. The fourth-order valence-electron chi connectivity index (χ4n) is 2.51. The van der Waals surface area contributed by atoms with Crippen LogP contribution in [-0.2, 0) is 4.79 Å². The lowest BCUT2D eigenvalue weighted by Crippen LogP contribution is -2.13. The largest absolute Gasteiger partial charge is 0.326 e. The van der Waals surface area contributed by atoms with Crippen LogP contribution in [0.25, 0.3) is 21.8 Å². The third kappa shape index (κ3) is 3.21. The average Bonchev–Trinajstić information content (AvgIpc) is 3.33. The summed E-state index contributed by atoms with van der Waals surface area (Å²) in [6.07, 6.45) is 2.00. The van der Waals surface area contributed by atoms with Crippen molar-refractivity contribution in [1.29, 1.82) is 0 Å². The minimum Gasteiger partial charge on any atom is -0.326 e. The van der Waals surface area contributed by atoms with Crippen LogP contribution in [-0.4, -0.2) is 10.9 Å². The topological polar surface area (TPSA) is 42.0 Å². The van der Waals surface area contributed by atoms with Crippen molar-refractivity contribution in [3.8, 4) is 21.8 Å². The van der Waals surface area contributed by atoms with E-state index in [2.05, 4.69) is 5.32 Å². The predicted molar refractivity (Wildman–Crippen MR) is 99.3 cm³/mol. The highest BCUT2D eigenvalue weighted by Gasteiger charge is 2.29. The maximum absolute atomic E-state index is 11.9. The maximum atomic E-state index is 11.9. The third-order valence-electron chi connectivity index (χ3n) is 3.98. The molecule has 0 saturated heterocycles. The minimum atomic E-state index is 0.113. The van der Waals surface area contributed by atoms with Gasteiger partial charge in [-0.3, -0.25) is 4.79 Å². The molecule has 5 heteroatoms. The van der Waals surface area contributed by atoms with Crippen molar-refractivity contribution in [3.05, 3.63) is 58.9 Å². The normalized spacial score (nSPS) is 13.7. The van der Waals surface area contributed by atoms with E-state index in [1.54, 1.807) is 11.3 Å². The number of carbonyl (C=O) groups excluding carboxylic acids is 1. The second kappa shape index (κ2) is 6.38. The van der Waals surface area contributed by atoms with E-state index >= 15 is 0 Å². The number of amides is 1. The summed E-state index contributed by atoms with van der Waals surface area (Å²) in [6, 6.07) is 15.5. The van der Waals surface area contributed by atoms with E-state index in [1.165, 1.54) is 0 Å². The first-order valence-corrected chi connectivity index (χ1v) is 9.08. The first-order chi connectivity index (χ1) is 11.7. The highest BCUT2D eigenvalue weighted by molar-refractivity contribution is 7.13. The van der Waals surface area contributed by atoms with E-state index in [0.717, 1.165) is 40.4 Å². The Morgan fingerprint density at radius 1 is 1.17 bits per heavy atom. The van der Waals surface area contributed by atoms with E-state index in [4.69, 9.17) is 16.6 Å². The van der Waals surface area contributed by atoms with Gasteiger partial charge in [-0.25, -0.2) is 4.98 Å². The summed E-state index contributed by atoms with van der Waals surface area (Å²) in [5.74, 6) is 0.307. The van der Waals surface area contributed by atoms with Crippen LogP contribution < -0.4 is 5.32 Å². The Morgan fingerprint density at radius 2 is 2.00 bits per heavy atom. The predicted octanol–water partition coefficient (Wildman–Crippen LogP) is 5.48. The summed E-state index contributed by atoms with van der Waals surface area (Å²) in [6.45, 7) is 0. The highest BCUT2D eigenvalue weighted by atomic mass is 35.5. The number of anilines is 1. The standard InChI is InChI=1S/C19H15ClN2OS/c20-16-7-2-1-6-15(16)19-22-17(11-24-19)13-4-3-5-14(10-13)21-18(23)12-8-9-12/h1-7,10-12H,8-9H2,(H,21,23). The van der Waals surface area contributed by atoms with Crippen LogP contribution in [0, 0.1) is 5.92 Å². The Balaban J connectivity index is 1.60. The van der Waals surface area contributed by atoms with E-state index in [9.17, 15) is 4.79 Å². The van der Waals surface area contributed by atoms with Crippen molar-refractivity contribution in [2.45, 2.75) is 12.8 Å². The first-order valence-electron chi connectivity index (χ1n) is 7.82. The second-order valence-electron chi connectivity index (χ2n) is 5.86. The molecule has 0 atom stereocenters. The molecule has 0 bridgehead atoms. The SMILES string of the molecule is O=C(Nc1cccc(-c2csc(-c3ccccc3Cl)n2)c1)C1CC1. The molecular weight excluding hydrogens is 340 g/mol. The van der Waals surface area contributed by atoms with Gasteiger partial charge in [0.25, 0.3) is 0 Å². The summed E-state index contributed by atoms with van der Waals surface area (Å²) in [5, 5.41) is 6.58. The van der Waals surface area contributed by atoms with Gasteiger partial charge in [0.2, 0.25) is 5.91 Å². The number of nitrogens with zero attached hydrogens (tertiary/aromatic N) is 1. The second-order valence-corrected chi connectivity index (χ2v) is 7.13. The summed E-state index contributed by atoms with van der Waals surface area (Å²) in [7, 11) is 0. The van der Waals surface area contributed by atoms with Crippen LogP contribution in [0.5, 0.6) is 0 Å². The number of rotatable bonds is 4. The molecular formula is C19H15ClN2OS. The van der Waals surface area contributed by atoms with Gasteiger partial charge in [0.15, 0.2) is 0 Å². The molecule has 1 fully saturated rings. The summed E-state index contributed by atoms with van der Waals surface area (Å²) < 4.78 is 0. The lowest BCUT2D eigenvalue weighted by molar-refractivity contribution is -0.117. The molecule has 1 aliphatic carbocycles. The van der Waals surface area contributed by atoms with Gasteiger partial charge in [0, 0.05) is 28.1 Å². The first kappa shape index (κ1) is 15.4. The molecule has 1 saturated carbocycles. The van der Waals surface area contributed by atoms with Crippen LogP contribution in [0.2, 0.25) is 5.02 Å². The van der Waals surface area contributed by atoms with Gasteiger partial charge in [-0.15, -0.1) is 11.3 Å². The van der Waals surface area contributed by atoms with Crippen LogP contribution in [0.4, 0.5) is 5.69 Å². The number of hydrogen-bond acceptors (Lipinski definition) is 3. The number of halogens is 1. The molecule has 0 spiro atoms. The van der Waals surface area contributed by atoms with Crippen molar-refractivity contribution >= 4 is 34.5 Å². The van der Waals surface area contributed by atoms with Crippen molar-refractivity contribution in [2.75, 3.05) is 5.32 Å².